The fraction of sp³-hybridized carbons (Fsp3) is 0.941. The standard InChI is InChI=1S/C17H31NO2/c1-6-12(2)18-10-9-14(11-15(18)13-7-8-13)16(19)20-17(3,4)5/h12-15H,6-11H2,1-5H3. The summed E-state index contributed by atoms with van der Waals surface area (Å²) < 4.78 is 5.59. The zero-order valence-electron chi connectivity index (χ0n) is 13.8. The molecule has 1 heterocycles. The number of esters is 1. The van der Waals surface area contributed by atoms with Crippen molar-refractivity contribution in [2.75, 3.05) is 6.54 Å². The average Bonchev–Trinajstić information content (AvgIpc) is 3.19. The minimum Gasteiger partial charge on any atom is -0.460 e. The highest BCUT2D eigenvalue weighted by molar-refractivity contribution is 5.73. The van der Waals surface area contributed by atoms with Crippen LogP contribution < -0.4 is 0 Å². The highest BCUT2D eigenvalue weighted by Crippen LogP contribution is 2.42. The van der Waals surface area contributed by atoms with E-state index in [1.165, 1.54) is 19.3 Å². The summed E-state index contributed by atoms with van der Waals surface area (Å²) in [4.78, 5) is 15.0. The van der Waals surface area contributed by atoms with E-state index >= 15 is 0 Å². The van der Waals surface area contributed by atoms with Crippen molar-refractivity contribution in [2.24, 2.45) is 11.8 Å². The summed E-state index contributed by atoms with van der Waals surface area (Å²) in [6, 6.07) is 1.25. The van der Waals surface area contributed by atoms with E-state index in [1.54, 1.807) is 0 Å². The van der Waals surface area contributed by atoms with Crippen LogP contribution in [0.15, 0.2) is 0 Å². The summed E-state index contributed by atoms with van der Waals surface area (Å²) in [5, 5.41) is 0. The molecule has 2 rings (SSSR count). The number of carbonyl (C=O) groups excluding carboxylic acids is 1. The molecule has 0 aromatic rings. The van der Waals surface area contributed by atoms with Crippen LogP contribution in [0.5, 0.6) is 0 Å². The van der Waals surface area contributed by atoms with Crippen molar-refractivity contribution in [3.05, 3.63) is 0 Å². The first-order chi connectivity index (χ1) is 9.31. The third-order valence-corrected chi connectivity index (χ3v) is 4.75. The Morgan fingerprint density at radius 3 is 2.45 bits per heavy atom. The van der Waals surface area contributed by atoms with Gasteiger partial charge in [-0.2, -0.15) is 0 Å². The van der Waals surface area contributed by atoms with E-state index in [1.807, 2.05) is 20.8 Å². The molecule has 1 saturated carbocycles. The van der Waals surface area contributed by atoms with Crippen LogP contribution in [0.1, 0.15) is 66.7 Å². The Balaban J connectivity index is 1.98. The van der Waals surface area contributed by atoms with Gasteiger partial charge in [-0.1, -0.05) is 6.92 Å². The topological polar surface area (TPSA) is 29.5 Å². The molecule has 2 fully saturated rings. The molecule has 2 aliphatic rings. The second-order valence-corrected chi connectivity index (χ2v) is 7.65. The first-order valence-corrected chi connectivity index (χ1v) is 8.30. The lowest BCUT2D eigenvalue weighted by Crippen LogP contribution is -2.50. The Kier molecular flexibility index (Phi) is 4.78. The molecule has 0 N–H and O–H groups in total. The van der Waals surface area contributed by atoms with Gasteiger partial charge in [-0.3, -0.25) is 9.69 Å². The predicted molar refractivity (Wildman–Crippen MR) is 81.5 cm³/mol. The molecule has 1 saturated heterocycles. The largest absolute Gasteiger partial charge is 0.460 e. The molecule has 0 bridgehead atoms. The number of nitrogens with zero attached hydrogens (tertiary/aromatic N) is 1. The van der Waals surface area contributed by atoms with Gasteiger partial charge < -0.3 is 4.74 Å². The highest BCUT2D eigenvalue weighted by Gasteiger charge is 2.42. The van der Waals surface area contributed by atoms with Gasteiger partial charge in [0.2, 0.25) is 0 Å². The number of carbonyl (C=O) groups is 1. The van der Waals surface area contributed by atoms with Crippen LogP contribution in [0.2, 0.25) is 0 Å². The van der Waals surface area contributed by atoms with Crippen LogP contribution in [-0.2, 0) is 9.53 Å². The maximum Gasteiger partial charge on any atom is 0.309 e. The van der Waals surface area contributed by atoms with Gasteiger partial charge in [-0.15, -0.1) is 0 Å². The number of rotatable bonds is 4. The molecule has 3 unspecified atom stereocenters. The Bertz CT molecular complexity index is 343. The Labute approximate surface area is 124 Å². The zero-order valence-corrected chi connectivity index (χ0v) is 13.8. The van der Waals surface area contributed by atoms with Crippen LogP contribution in [0.3, 0.4) is 0 Å². The van der Waals surface area contributed by atoms with Crippen molar-refractivity contribution >= 4 is 5.97 Å². The van der Waals surface area contributed by atoms with Gasteiger partial charge in [0, 0.05) is 12.1 Å². The summed E-state index contributed by atoms with van der Waals surface area (Å²) in [6.45, 7) is 11.5. The lowest BCUT2D eigenvalue weighted by Gasteiger charge is -2.42. The molecule has 3 nitrogen and oxygen atoms in total. The van der Waals surface area contributed by atoms with Crippen molar-refractivity contribution < 1.29 is 9.53 Å². The molecule has 3 atom stereocenters. The predicted octanol–water partition coefficient (Wildman–Crippen LogP) is 3.62. The SMILES string of the molecule is CCC(C)N1CCC(C(=O)OC(C)(C)C)CC1C1CC1. The zero-order chi connectivity index (χ0) is 14.9. The second kappa shape index (κ2) is 6.05. The quantitative estimate of drug-likeness (QED) is 0.737. The molecule has 116 valence electrons. The van der Waals surface area contributed by atoms with Crippen molar-refractivity contribution in [3.8, 4) is 0 Å². The van der Waals surface area contributed by atoms with E-state index in [9.17, 15) is 4.79 Å². The first-order valence-electron chi connectivity index (χ1n) is 8.30. The molecule has 0 radical (unpaired) electrons. The molecule has 0 aromatic carbocycles. The minimum atomic E-state index is -0.361. The normalized spacial score (nSPS) is 30.1. The van der Waals surface area contributed by atoms with Crippen molar-refractivity contribution in [1.29, 1.82) is 0 Å². The number of hydrogen-bond donors (Lipinski definition) is 0. The Morgan fingerprint density at radius 2 is 1.95 bits per heavy atom. The number of hydrogen-bond acceptors (Lipinski definition) is 3. The molecule has 0 spiro atoms. The summed E-state index contributed by atoms with van der Waals surface area (Å²) in [7, 11) is 0. The third kappa shape index (κ3) is 3.97. The first kappa shape index (κ1) is 15.8. The van der Waals surface area contributed by atoms with Crippen molar-refractivity contribution in [2.45, 2.75) is 84.4 Å². The van der Waals surface area contributed by atoms with Crippen LogP contribution >= 0.6 is 0 Å². The van der Waals surface area contributed by atoms with E-state index in [0.29, 0.717) is 12.1 Å². The van der Waals surface area contributed by atoms with Crippen LogP contribution in [0, 0.1) is 11.8 Å². The lowest BCUT2D eigenvalue weighted by molar-refractivity contribution is -0.163. The van der Waals surface area contributed by atoms with Crippen molar-refractivity contribution in [1.82, 2.24) is 4.90 Å². The van der Waals surface area contributed by atoms with Crippen LogP contribution in [0.25, 0.3) is 0 Å². The van der Waals surface area contributed by atoms with Crippen LogP contribution in [0.4, 0.5) is 0 Å². The van der Waals surface area contributed by atoms with Gasteiger partial charge >= 0.3 is 5.97 Å². The summed E-state index contributed by atoms with van der Waals surface area (Å²) in [5.41, 5.74) is -0.361. The smallest absolute Gasteiger partial charge is 0.309 e. The monoisotopic (exact) mass is 281 g/mol. The third-order valence-electron chi connectivity index (χ3n) is 4.75. The maximum atomic E-state index is 12.3. The molecule has 3 heteroatoms. The van der Waals surface area contributed by atoms with Gasteiger partial charge in [0.15, 0.2) is 0 Å². The maximum absolute atomic E-state index is 12.3. The van der Waals surface area contributed by atoms with E-state index in [2.05, 4.69) is 18.7 Å². The Morgan fingerprint density at radius 1 is 1.30 bits per heavy atom. The average molecular weight is 281 g/mol. The summed E-state index contributed by atoms with van der Waals surface area (Å²) in [5.74, 6) is 0.960. The van der Waals surface area contributed by atoms with Gasteiger partial charge in [-0.05, 0) is 72.3 Å². The van der Waals surface area contributed by atoms with E-state index in [-0.39, 0.29) is 17.5 Å². The van der Waals surface area contributed by atoms with E-state index < -0.39 is 0 Å². The number of likely N-dealkylation sites (tertiary alicyclic amines) is 1. The van der Waals surface area contributed by atoms with Gasteiger partial charge in [0.25, 0.3) is 0 Å². The molecule has 1 aliphatic carbocycles. The van der Waals surface area contributed by atoms with Gasteiger partial charge in [0.1, 0.15) is 5.60 Å². The van der Waals surface area contributed by atoms with Crippen LogP contribution in [-0.4, -0.2) is 35.1 Å². The molecule has 0 aromatic heterocycles. The number of ether oxygens (including phenoxy) is 1. The molecule has 0 amide bonds. The molecular weight excluding hydrogens is 250 g/mol. The summed E-state index contributed by atoms with van der Waals surface area (Å²) in [6.07, 6.45) is 5.85. The lowest BCUT2D eigenvalue weighted by atomic mass is 9.87. The van der Waals surface area contributed by atoms with E-state index in [0.717, 1.165) is 25.3 Å². The Hall–Kier alpha value is -0.570. The minimum absolute atomic E-state index is 0.0203. The molecule has 20 heavy (non-hydrogen) atoms. The highest BCUT2D eigenvalue weighted by atomic mass is 16.6. The molecule has 1 aliphatic heterocycles. The summed E-state index contributed by atoms with van der Waals surface area (Å²) >= 11 is 0. The van der Waals surface area contributed by atoms with Crippen molar-refractivity contribution in [3.63, 3.8) is 0 Å². The molecular formula is C17H31NO2. The van der Waals surface area contributed by atoms with Gasteiger partial charge in [0.05, 0.1) is 5.92 Å². The number of piperidine rings is 1. The van der Waals surface area contributed by atoms with Gasteiger partial charge in [-0.25, -0.2) is 0 Å². The fourth-order valence-corrected chi connectivity index (χ4v) is 3.34. The second-order valence-electron chi connectivity index (χ2n) is 7.65. The fourth-order valence-electron chi connectivity index (χ4n) is 3.34. The van der Waals surface area contributed by atoms with E-state index in [4.69, 9.17) is 4.74 Å².